The van der Waals surface area contributed by atoms with E-state index in [1.54, 1.807) is 23.9 Å². The first-order chi connectivity index (χ1) is 15.9. The molecule has 3 heterocycles. The zero-order valence-electron chi connectivity index (χ0n) is 18.9. The standard InChI is InChI=1S/C23H30F3N5OS/c1-29-20(31-10-12-32-13-11-31)27-28-21(29)33-14-4-8-30-9-7-22(16-30)15-19(22)17-5-2-3-6-18(17)23(24,25)26/h2-3,5-6,19H,4,7-16H2,1H3/t19-,22+/m1/s1. The van der Waals surface area contributed by atoms with Crippen molar-refractivity contribution >= 4 is 17.7 Å². The van der Waals surface area contributed by atoms with Gasteiger partial charge in [-0.1, -0.05) is 30.0 Å². The highest BCUT2D eigenvalue weighted by Crippen LogP contribution is 2.65. The van der Waals surface area contributed by atoms with Crippen molar-refractivity contribution in [2.75, 3.05) is 56.6 Å². The highest BCUT2D eigenvalue weighted by molar-refractivity contribution is 7.99. The van der Waals surface area contributed by atoms with Crippen LogP contribution >= 0.6 is 11.8 Å². The molecular formula is C23H30F3N5OS. The molecule has 6 nitrogen and oxygen atoms in total. The Bertz CT molecular complexity index is 977. The average molecular weight is 482 g/mol. The van der Waals surface area contributed by atoms with Gasteiger partial charge in [0, 0.05) is 32.4 Å². The molecule has 33 heavy (non-hydrogen) atoms. The van der Waals surface area contributed by atoms with Gasteiger partial charge in [0.1, 0.15) is 0 Å². The largest absolute Gasteiger partial charge is 0.416 e. The minimum atomic E-state index is -4.28. The van der Waals surface area contributed by atoms with Crippen molar-refractivity contribution in [1.29, 1.82) is 0 Å². The number of likely N-dealkylation sites (tertiary alicyclic amines) is 1. The van der Waals surface area contributed by atoms with Crippen molar-refractivity contribution < 1.29 is 17.9 Å². The SMILES string of the molecule is Cn1c(SCCCN2CC[C@]3(C[C@@H]3c3ccccc3C(F)(F)F)C2)nnc1N1CCOCC1. The zero-order valence-corrected chi connectivity index (χ0v) is 19.7. The van der Waals surface area contributed by atoms with Crippen molar-refractivity contribution in [1.82, 2.24) is 19.7 Å². The molecule has 0 unspecified atom stereocenters. The third-order valence-electron chi connectivity index (χ3n) is 7.25. The fourth-order valence-electron chi connectivity index (χ4n) is 5.40. The van der Waals surface area contributed by atoms with Crippen LogP contribution in [0.3, 0.4) is 0 Å². The molecule has 3 aliphatic rings. The molecule has 10 heteroatoms. The zero-order chi connectivity index (χ0) is 23.1. The van der Waals surface area contributed by atoms with Crippen molar-refractivity contribution in [3.05, 3.63) is 35.4 Å². The Morgan fingerprint density at radius 3 is 2.73 bits per heavy atom. The van der Waals surface area contributed by atoms with Crippen LogP contribution in [-0.2, 0) is 18.0 Å². The minimum absolute atomic E-state index is 0.0329. The maximum Gasteiger partial charge on any atom is 0.416 e. The van der Waals surface area contributed by atoms with E-state index in [0.717, 1.165) is 82.1 Å². The minimum Gasteiger partial charge on any atom is -0.378 e. The van der Waals surface area contributed by atoms with Gasteiger partial charge in [-0.2, -0.15) is 13.2 Å². The van der Waals surface area contributed by atoms with Crippen molar-refractivity contribution in [3.63, 3.8) is 0 Å². The Hall–Kier alpha value is -1.78. The highest BCUT2D eigenvalue weighted by Gasteiger charge is 2.59. The van der Waals surface area contributed by atoms with Gasteiger partial charge in [-0.3, -0.25) is 4.57 Å². The molecule has 0 bridgehead atoms. The predicted octanol–water partition coefficient (Wildman–Crippen LogP) is 4.03. The third-order valence-corrected chi connectivity index (χ3v) is 8.36. The van der Waals surface area contributed by atoms with E-state index < -0.39 is 11.7 Å². The number of rotatable bonds is 7. The van der Waals surface area contributed by atoms with Crippen LogP contribution in [0.4, 0.5) is 19.1 Å². The van der Waals surface area contributed by atoms with Gasteiger partial charge in [0.05, 0.1) is 18.8 Å². The van der Waals surface area contributed by atoms with E-state index in [9.17, 15) is 13.2 Å². The molecule has 0 radical (unpaired) electrons. The summed E-state index contributed by atoms with van der Waals surface area (Å²) < 4.78 is 47.8. The van der Waals surface area contributed by atoms with E-state index in [4.69, 9.17) is 4.74 Å². The summed E-state index contributed by atoms with van der Waals surface area (Å²) >= 11 is 1.71. The number of alkyl halides is 3. The molecule has 1 aromatic heterocycles. The summed E-state index contributed by atoms with van der Waals surface area (Å²) in [7, 11) is 2.00. The summed E-state index contributed by atoms with van der Waals surface area (Å²) in [6.45, 7) is 5.95. The summed E-state index contributed by atoms with van der Waals surface area (Å²) in [6.07, 6.45) is -1.40. The average Bonchev–Trinajstić information content (AvgIpc) is 3.15. The Balaban J connectivity index is 1.10. The van der Waals surface area contributed by atoms with Crippen LogP contribution in [-0.4, -0.2) is 71.4 Å². The summed E-state index contributed by atoms with van der Waals surface area (Å²) in [5.41, 5.74) is 0.0631. The van der Waals surface area contributed by atoms with E-state index in [2.05, 4.69) is 20.0 Å². The quantitative estimate of drug-likeness (QED) is 0.440. The summed E-state index contributed by atoms with van der Waals surface area (Å²) in [5.74, 6) is 1.87. The molecule has 2 aliphatic heterocycles. The molecule has 0 N–H and O–H groups in total. The lowest BCUT2D eigenvalue weighted by Crippen LogP contribution is -2.37. The maximum absolute atomic E-state index is 13.4. The van der Waals surface area contributed by atoms with Gasteiger partial charge in [-0.15, -0.1) is 10.2 Å². The van der Waals surface area contributed by atoms with Crippen LogP contribution in [0.5, 0.6) is 0 Å². The molecule has 0 amide bonds. The van der Waals surface area contributed by atoms with Gasteiger partial charge in [0.2, 0.25) is 5.95 Å². The molecule has 2 saturated heterocycles. The van der Waals surface area contributed by atoms with Gasteiger partial charge < -0.3 is 14.5 Å². The van der Waals surface area contributed by atoms with Gasteiger partial charge >= 0.3 is 6.18 Å². The van der Waals surface area contributed by atoms with E-state index in [-0.39, 0.29) is 11.3 Å². The van der Waals surface area contributed by atoms with Crippen LogP contribution in [0, 0.1) is 5.41 Å². The molecule has 2 atom stereocenters. The maximum atomic E-state index is 13.4. The van der Waals surface area contributed by atoms with Crippen LogP contribution in [0.2, 0.25) is 0 Å². The Morgan fingerprint density at radius 1 is 1.15 bits per heavy atom. The number of morpholine rings is 1. The third kappa shape index (κ3) is 4.74. The number of ether oxygens (including phenoxy) is 1. The summed E-state index contributed by atoms with van der Waals surface area (Å²) in [5, 5.41) is 9.63. The predicted molar refractivity (Wildman–Crippen MR) is 122 cm³/mol. The Labute approximate surface area is 196 Å². The summed E-state index contributed by atoms with van der Waals surface area (Å²) in [6, 6.07) is 6.12. The molecule has 5 rings (SSSR count). The van der Waals surface area contributed by atoms with E-state index in [0.29, 0.717) is 5.56 Å². The number of thioether (sulfide) groups is 1. The molecule has 180 valence electrons. The smallest absolute Gasteiger partial charge is 0.378 e. The van der Waals surface area contributed by atoms with E-state index in [1.807, 2.05) is 11.6 Å². The fourth-order valence-corrected chi connectivity index (χ4v) is 6.23. The molecular weight excluding hydrogens is 451 g/mol. The number of hydrogen-bond acceptors (Lipinski definition) is 6. The lowest BCUT2D eigenvalue weighted by Gasteiger charge is -2.27. The van der Waals surface area contributed by atoms with E-state index in [1.165, 1.54) is 12.1 Å². The second-order valence-corrected chi connectivity index (χ2v) is 10.4. The molecule has 2 aromatic rings. The van der Waals surface area contributed by atoms with Crippen molar-refractivity contribution in [2.45, 2.75) is 36.5 Å². The van der Waals surface area contributed by atoms with Crippen molar-refractivity contribution in [3.8, 4) is 0 Å². The molecule has 1 aliphatic carbocycles. The van der Waals surface area contributed by atoms with Gasteiger partial charge in [0.25, 0.3) is 0 Å². The fraction of sp³-hybridized carbons (Fsp3) is 0.652. The summed E-state index contributed by atoms with van der Waals surface area (Å²) in [4.78, 5) is 4.62. The Morgan fingerprint density at radius 2 is 1.94 bits per heavy atom. The topological polar surface area (TPSA) is 46.4 Å². The van der Waals surface area contributed by atoms with Crippen LogP contribution in [0.15, 0.2) is 29.4 Å². The second kappa shape index (κ2) is 9.11. The normalized spacial score (nSPS) is 25.8. The number of nitrogens with zero attached hydrogens (tertiary/aromatic N) is 5. The van der Waals surface area contributed by atoms with Gasteiger partial charge in [0.15, 0.2) is 5.16 Å². The number of aromatic nitrogens is 3. The number of hydrogen-bond donors (Lipinski definition) is 0. The molecule has 1 saturated carbocycles. The lowest BCUT2D eigenvalue weighted by atomic mass is 9.95. The first kappa shape index (κ1) is 23.0. The number of benzene rings is 1. The van der Waals surface area contributed by atoms with Gasteiger partial charge in [-0.05, 0) is 55.3 Å². The molecule has 1 spiro atoms. The van der Waals surface area contributed by atoms with Crippen LogP contribution in [0.1, 0.15) is 36.3 Å². The van der Waals surface area contributed by atoms with Crippen LogP contribution < -0.4 is 4.90 Å². The lowest BCUT2D eigenvalue weighted by molar-refractivity contribution is -0.138. The first-order valence-corrected chi connectivity index (χ1v) is 12.6. The van der Waals surface area contributed by atoms with Crippen LogP contribution in [0.25, 0.3) is 0 Å². The monoisotopic (exact) mass is 481 g/mol. The number of anilines is 1. The molecule has 3 fully saturated rings. The Kier molecular flexibility index (Phi) is 6.35. The number of halogens is 3. The first-order valence-electron chi connectivity index (χ1n) is 11.6. The van der Waals surface area contributed by atoms with Crippen molar-refractivity contribution in [2.24, 2.45) is 12.5 Å². The van der Waals surface area contributed by atoms with Gasteiger partial charge in [-0.25, -0.2) is 0 Å². The molecule has 1 aromatic carbocycles. The highest BCUT2D eigenvalue weighted by atomic mass is 32.2. The second-order valence-electron chi connectivity index (χ2n) is 9.37. The van der Waals surface area contributed by atoms with E-state index >= 15 is 0 Å².